The lowest BCUT2D eigenvalue weighted by molar-refractivity contribution is 0.0928. The molecule has 2 aromatic heterocycles. The summed E-state index contributed by atoms with van der Waals surface area (Å²) in [5, 5.41) is 9.48. The Balaban J connectivity index is 1.75. The molecule has 0 saturated heterocycles. The van der Waals surface area contributed by atoms with Gasteiger partial charge >= 0.3 is 0 Å². The van der Waals surface area contributed by atoms with E-state index in [1.165, 1.54) is 6.07 Å². The number of rotatable bonds is 6. The van der Waals surface area contributed by atoms with E-state index in [2.05, 4.69) is 25.1 Å². The fraction of sp³-hybridized carbons (Fsp3) is 0.235. The van der Waals surface area contributed by atoms with Crippen LogP contribution in [0.3, 0.4) is 0 Å². The van der Waals surface area contributed by atoms with Crippen molar-refractivity contribution in [3.8, 4) is 0 Å². The second-order valence-corrected chi connectivity index (χ2v) is 5.60. The summed E-state index contributed by atoms with van der Waals surface area (Å²) in [5.41, 5.74) is 6.97. The molecule has 0 aliphatic rings. The van der Waals surface area contributed by atoms with Gasteiger partial charge in [-0.05, 0) is 18.9 Å². The van der Waals surface area contributed by atoms with E-state index in [0.717, 1.165) is 24.4 Å². The fourth-order valence-electron chi connectivity index (χ4n) is 2.61. The molecule has 0 aliphatic heterocycles. The highest BCUT2D eigenvalue weighted by atomic mass is 16.2. The van der Waals surface area contributed by atoms with Gasteiger partial charge < -0.3 is 15.6 Å². The van der Waals surface area contributed by atoms with Gasteiger partial charge in [-0.3, -0.25) is 9.89 Å². The lowest BCUT2D eigenvalue weighted by atomic mass is 10.0. The van der Waals surface area contributed by atoms with Crippen molar-refractivity contribution in [2.75, 3.05) is 5.73 Å². The molecule has 1 amide bonds. The zero-order valence-corrected chi connectivity index (χ0v) is 13.4. The van der Waals surface area contributed by atoms with Crippen LogP contribution >= 0.6 is 0 Å². The van der Waals surface area contributed by atoms with Gasteiger partial charge in [0.25, 0.3) is 5.91 Å². The van der Waals surface area contributed by atoms with Crippen LogP contribution in [0, 0.1) is 6.92 Å². The van der Waals surface area contributed by atoms with Gasteiger partial charge in [0.2, 0.25) is 0 Å². The Hall–Kier alpha value is -3.09. The predicted octanol–water partition coefficient (Wildman–Crippen LogP) is 2.06. The van der Waals surface area contributed by atoms with Gasteiger partial charge in [-0.15, -0.1) is 0 Å². The minimum absolute atomic E-state index is 0.120. The number of aromatic amines is 1. The Labute approximate surface area is 139 Å². The average molecular weight is 324 g/mol. The first kappa shape index (κ1) is 15.8. The van der Waals surface area contributed by atoms with Gasteiger partial charge in [-0.25, -0.2) is 4.98 Å². The third-order valence-corrected chi connectivity index (χ3v) is 3.93. The van der Waals surface area contributed by atoms with Gasteiger partial charge in [0, 0.05) is 25.0 Å². The van der Waals surface area contributed by atoms with E-state index < -0.39 is 0 Å². The first-order chi connectivity index (χ1) is 11.6. The van der Waals surface area contributed by atoms with Crippen LogP contribution in [0.15, 0.2) is 48.8 Å². The van der Waals surface area contributed by atoms with Gasteiger partial charge in [-0.1, -0.05) is 30.3 Å². The Morgan fingerprint density at radius 3 is 2.79 bits per heavy atom. The van der Waals surface area contributed by atoms with Crippen LogP contribution in [0.1, 0.15) is 34.3 Å². The number of imidazole rings is 1. The summed E-state index contributed by atoms with van der Waals surface area (Å²) in [5.74, 6) is 1.02. The minimum Gasteiger partial charge on any atom is -0.382 e. The Kier molecular flexibility index (Phi) is 4.60. The van der Waals surface area contributed by atoms with Gasteiger partial charge in [0.15, 0.2) is 0 Å². The quantitative estimate of drug-likeness (QED) is 0.646. The maximum Gasteiger partial charge on any atom is 0.269 e. The summed E-state index contributed by atoms with van der Waals surface area (Å²) in [6.07, 6.45) is 4.46. The maximum atomic E-state index is 12.4. The molecule has 0 saturated carbocycles. The van der Waals surface area contributed by atoms with Gasteiger partial charge in [0.1, 0.15) is 17.3 Å². The lowest BCUT2D eigenvalue weighted by Crippen LogP contribution is -2.29. The third kappa shape index (κ3) is 3.62. The number of benzene rings is 1. The van der Waals surface area contributed by atoms with Crippen molar-refractivity contribution >= 4 is 11.7 Å². The first-order valence-electron chi connectivity index (χ1n) is 7.78. The van der Waals surface area contributed by atoms with Crippen LogP contribution in [-0.4, -0.2) is 25.7 Å². The molecule has 0 bridgehead atoms. The smallest absolute Gasteiger partial charge is 0.269 e. The minimum atomic E-state index is -0.226. The number of nitrogens with two attached hydrogens (primary N) is 1. The van der Waals surface area contributed by atoms with Crippen molar-refractivity contribution in [3.05, 3.63) is 65.9 Å². The molecule has 3 rings (SSSR count). The molecule has 4 N–H and O–H groups in total. The van der Waals surface area contributed by atoms with Crippen molar-refractivity contribution in [2.24, 2.45) is 0 Å². The highest BCUT2D eigenvalue weighted by molar-refractivity contribution is 5.93. The van der Waals surface area contributed by atoms with E-state index in [9.17, 15) is 4.79 Å². The Bertz CT molecular complexity index is 807. The second kappa shape index (κ2) is 6.99. The first-order valence-corrected chi connectivity index (χ1v) is 7.78. The molecule has 0 unspecified atom stereocenters. The van der Waals surface area contributed by atoms with Crippen LogP contribution < -0.4 is 11.1 Å². The van der Waals surface area contributed by atoms with Crippen LogP contribution in [-0.2, 0) is 6.54 Å². The molecule has 0 radical (unpaired) electrons. The molecule has 1 aromatic carbocycles. The van der Waals surface area contributed by atoms with Gasteiger partial charge in [-0.2, -0.15) is 5.10 Å². The molecule has 0 fully saturated rings. The molecule has 24 heavy (non-hydrogen) atoms. The summed E-state index contributed by atoms with van der Waals surface area (Å²) < 4.78 is 2.07. The average Bonchev–Trinajstić information content (AvgIpc) is 3.20. The van der Waals surface area contributed by atoms with E-state index in [0.29, 0.717) is 11.5 Å². The summed E-state index contributed by atoms with van der Waals surface area (Å²) in [6, 6.07) is 11.3. The fourth-order valence-corrected chi connectivity index (χ4v) is 2.61. The largest absolute Gasteiger partial charge is 0.382 e. The molecule has 3 aromatic rings. The number of hydrogen-bond donors (Lipinski definition) is 3. The summed E-state index contributed by atoms with van der Waals surface area (Å²) in [4.78, 5) is 16.6. The standard InChI is InChI=1S/C17H20N6O/c1-12-19-8-10-23(12)9-7-14(13-5-3-2-4-6-13)20-17(24)15-11-16(18)22-21-15/h2-6,8,10-11,14H,7,9H2,1H3,(H,20,24)(H3,18,21,22)/t14-/m0/s1. The Morgan fingerprint density at radius 1 is 1.38 bits per heavy atom. The molecular formula is C17H20N6O. The maximum absolute atomic E-state index is 12.4. The lowest BCUT2D eigenvalue weighted by Gasteiger charge is -2.19. The van der Waals surface area contributed by atoms with E-state index in [1.54, 1.807) is 6.20 Å². The summed E-state index contributed by atoms with van der Waals surface area (Å²) in [7, 11) is 0. The van der Waals surface area contributed by atoms with Crippen LogP contribution in [0.5, 0.6) is 0 Å². The van der Waals surface area contributed by atoms with Crippen molar-refractivity contribution in [2.45, 2.75) is 25.9 Å². The normalized spacial score (nSPS) is 12.0. The van der Waals surface area contributed by atoms with Gasteiger partial charge in [0.05, 0.1) is 6.04 Å². The van der Waals surface area contributed by atoms with Crippen LogP contribution in [0.2, 0.25) is 0 Å². The highest BCUT2D eigenvalue weighted by Gasteiger charge is 2.17. The summed E-state index contributed by atoms with van der Waals surface area (Å²) >= 11 is 0. The number of nitrogen functional groups attached to an aromatic ring is 1. The summed E-state index contributed by atoms with van der Waals surface area (Å²) in [6.45, 7) is 2.72. The number of nitrogens with zero attached hydrogens (tertiary/aromatic N) is 3. The zero-order chi connectivity index (χ0) is 16.9. The SMILES string of the molecule is Cc1nccn1CC[C@H](NC(=O)c1cc(N)n[nH]1)c1ccccc1. The number of aryl methyl sites for hydroxylation is 2. The number of hydrogen-bond acceptors (Lipinski definition) is 4. The van der Waals surface area contributed by atoms with E-state index in [4.69, 9.17) is 5.73 Å². The van der Waals surface area contributed by atoms with Crippen molar-refractivity contribution in [1.29, 1.82) is 0 Å². The van der Waals surface area contributed by atoms with Crippen LogP contribution in [0.25, 0.3) is 0 Å². The molecule has 7 nitrogen and oxygen atoms in total. The number of H-pyrrole nitrogens is 1. The number of aromatic nitrogens is 4. The number of amides is 1. The predicted molar refractivity (Wildman–Crippen MR) is 91.2 cm³/mol. The molecule has 124 valence electrons. The number of carbonyl (C=O) groups excluding carboxylic acids is 1. The molecule has 7 heteroatoms. The number of nitrogens with one attached hydrogen (secondary N) is 2. The third-order valence-electron chi connectivity index (χ3n) is 3.93. The topological polar surface area (TPSA) is 102 Å². The monoisotopic (exact) mass is 324 g/mol. The van der Waals surface area contributed by atoms with E-state index >= 15 is 0 Å². The van der Waals surface area contributed by atoms with E-state index in [-0.39, 0.29) is 11.9 Å². The molecule has 1 atom stereocenters. The van der Waals surface area contributed by atoms with Crippen molar-refractivity contribution in [1.82, 2.24) is 25.1 Å². The van der Waals surface area contributed by atoms with Crippen molar-refractivity contribution in [3.63, 3.8) is 0 Å². The molecule has 0 spiro atoms. The number of anilines is 1. The molecule has 0 aliphatic carbocycles. The Morgan fingerprint density at radius 2 is 2.17 bits per heavy atom. The van der Waals surface area contributed by atoms with E-state index in [1.807, 2.05) is 43.5 Å². The van der Waals surface area contributed by atoms with Crippen LogP contribution in [0.4, 0.5) is 5.82 Å². The second-order valence-electron chi connectivity index (χ2n) is 5.60. The van der Waals surface area contributed by atoms with Crippen molar-refractivity contribution < 1.29 is 4.79 Å². The highest BCUT2D eigenvalue weighted by Crippen LogP contribution is 2.18. The molecule has 2 heterocycles. The number of carbonyl (C=O) groups is 1. The zero-order valence-electron chi connectivity index (χ0n) is 13.4. The molecular weight excluding hydrogens is 304 g/mol.